The molecular weight excluding hydrogens is 235 g/mol. The van der Waals surface area contributed by atoms with E-state index in [2.05, 4.69) is 4.90 Å². The van der Waals surface area contributed by atoms with Crippen LogP contribution in [0.25, 0.3) is 0 Å². The molecule has 94 valence electrons. The summed E-state index contributed by atoms with van der Waals surface area (Å²) in [6.07, 6.45) is 1.12. The summed E-state index contributed by atoms with van der Waals surface area (Å²) in [5.74, 6) is 2.11. The van der Waals surface area contributed by atoms with Crippen molar-refractivity contribution in [3.8, 4) is 0 Å². The molecular formula is C13H19FN2S. The van der Waals surface area contributed by atoms with E-state index in [1.54, 1.807) is 6.07 Å². The van der Waals surface area contributed by atoms with Gasteiger partial charge in [-0.3, -0.25) is 0 Å². The summed E-state index contributed by atoms with van der Waals surface area (Å²) in [4.78, 5) is 2.14. The van der Waals surface area contributed by atoms with Gasteiger partial charge < -0.3 is 10.6 Å². The monoisotopic (exact) mass is 254 g/mol. The first-order chi connectivity index (χ1) is 8.18. The fourth-order valence-electron chi connectivity index (χ4n) is 2.05. The van der Waals surface area contributed by atoms with Crippen LogP contribution in [0.5, 0.6) is 0 Å². The molecule has 1 aromatic rings. The van der Waals surface area contributed by atoms with Crippen molar-refractivity contribution >= 4 is 17.4 Å². The number of benzene rings is 1. The lowest BCUT2D eigenvalue weighted by Gasteiger charge is -2.23. The maximum absolute atomic E-state index is 14.0. The number of nitrogens with zero attached hydrogens (tertiary/aromatic N) is 1. The van der Waals surface area contributed by atoms with E-state index in [0.29, 0.717) is 0 Å². The van der Waals surface area contributed by atoms with Crippen LogP contribution in [0.2, 0.25) is 0 Å². The standard InChI is InChI=1S/C13H19FN2S/c1-10(15)11-3-4-13(12(14)9-11)16-5-2-7-17-8-6-16/h3-4,9-10H,2,5-8,15H2,1H3/t10-/m0/s1. The summed E-state index contributed by atoms with van der Waals surface area (Å²) in [6.45, 7) is 3.75. The number of thioether (sulfide) groups is 1. The van der Waals surface area contributed by atoms with Gasteiger partial charge in [-0.1, -0.05) is 6.07 Å². The van der Waals surface area contributed by atoms with E-state index in [9.17, 15) is 4.39 Å². The molecule has 1 heterocycles. The zero-order valence-electron chi connectivity index (χ0n) is 10.2. The third-order valence-electron chi connectivity index (χ3n) is 3.06. The van der Waals surface area contributed by atoms with Crippen LogP contribution in [0, 0.1) is 5.82 Å². The third-order valence-corrected chi connectivity index (χ3v) is 4.11. The van der Waals surface area contributed by atoms with Crippen molar-refractivity contribution < 1.29 is 4.39 Å². The van der Waals surface area contributed by atoms with E-state index >= 15 is 0 Å². The first-order valence-electron chi connectivity index (χ1n) is 6.06. The van der Waals surface area contributed by atoms with Gasteiger partial charge in [0.05, 0.1) is 5.69 Å². The van der Waals surface area contributed by atoms with Gasteiger partial charge in [-0.15, -0.1) is 0 Å². The van der Waals surface area contributed by atoms with E-state index < -0.39 is 0 Å². The van der Waals surface area contributed by atoms with Gasteiger partial charge in [0, 0.05) is 24.9 Å². The Labute approximate surface area is 106 Å². The van der Waals surface area contributed by atoms with Crippen molar-refractivity contribution in [1.29, 1.82) is 0 Å². The average molecular weight is 254 g/mol. The molecule has 0 amide bonds. The van der Waals surface area contributed by atoms with Crippen LogP contribution in [0.3, 0.4) is 0 Å². The molecule has 2 rings (SSSR count). The molecule has 0 bridgehead atoms. The summed E-state index contributed by atoms with van der Waals surface area (Å²) in [5.41, 5.74) is 7.33. The van der Waals surface area contributed by atoms with Crippen LogP contribution in [0.1, 0.15) is 24.9 Å². The zero-order chi connectivity index (χ0) is 12.3. The lowest BCUT2D eigenvalue weighted by Crippen LogP contribution is -2.26. The van der Waals surface area contributed by atoms with Crippen molar-refractivity contribution in [2.75, 3.05) is 29.5 Å². The number of hydrogen-bond acceptors (Lipinski definition) is 3. The molecule has 1 aromatic carbocycles. The minimum absolute atomic E-state index is 0.113. The highest BCUT2D eigenvalue weighted by atomic mass is 32.2. The fraction of sp³-hybridized carbons (Fsp3) is 0.538. The molecule has 1 fully saturated rings. The number of anilines is 1. The minimum atomic E-state index is -0.147. The highest BCUT2D eigenvalue weighted by Crippen LogP contribution is 2.24. The predicted molar refractivity (Wildman–Crippen MR) is 73.2 cm³/mol. The van der Waals surface area contributed by atoms with Crippen LogP contribution >= 0.6 is 11.8 Å². The predicted octanol–water partition coefficient (Wildman–Crippen LogP) is 2.79. The van der Waals surface area contributed by atoms with E-state index in [1.165, 1.54) is 5.75 Å². The normalized spacial score (nSPS) is 18.9. The molecule has 1 saturated heterocycles. The second kappa shape index (κ2) is 5.74. The maximum Gasteiger partial charge on any atom is 0.146 e. The smallest absolute Gasteiger partial charge is 0.146 e. The maximum atomic E-state index is 14.0. The lowest BCUT2D eigenvalue weighted by atomic mass is 10.1. The molecule has 0 aromatic heterocycles. The molecule has 1 atom stereocenters. The molecule has 0 saturated carbocycles. The lowest BCUT2D eigenvalue weighted by molar-refractivity contribution is 0.613. The van der Waals surface area contributed by atoms with Gasteiger partial charge in [-0.05, 0) is 36.8 Å². The summed E-state index contributed by atoms with van der Waals surface area (Å²) < 4.78 is 14.0. The molecule has 0 unspecified atom stereocenters. The van der Waals surface area contributed by atoms with Crippen LogP contribution in [-0.4, -0.2) is 24.6 Å². The second-order valence-electron chi connectivity index (χ2n) is 4.45. The molecule has 17 heavy (non-hydrogen) atoms. The second-order valence-corrected chi connectivity index (χ2v) is 5.68. The number of nitrogens with two attached hydrogens (primary N) is 1. The summed E-state index contributed by atoms with van der Waals surface area (Å²) in [7, 11) is 0. The Kier molecular flexibility index (Phi) is 4.29. The molecule has 2 N–H and O–H groups in total. The average Bonchev–Trinajstić information content (AvgIpc) is 2.57. The Morgan fingerprint density at radius 1 is 1.35 bits per heavy atom. The van der Waals surface area contributed by atoms with Crippen molar-refractivity contribution in [2.24, 2.45) is 5.73 Å². The van der Waals surface area contributed by atoms with Gasteiger partial charge in [-0.25, -0.2) is 4.39 Å². The van der Waals surface area contributed by atoms with Crippen molar-refractivity contribution in [1.82, 2.24) is 0 Å². The van der Waals surface area contributed by atoms with E-state index in [1.807, 2.05) is 30.8 Å². The van der Waals surface area contributed by atoms with Gasteiger partial charge in [0.1, 0.15) is 5.82 Å². The Morgan fingerprint density at radius 3 is 2.88 bits per heavy atom. The molecule has 4 heteroatoms. The summed E-state index contributed by atoms with van der Waals surface area (Å²) >= 11 is 1.94. The largest absolute Gasteiger partial charge is 0.368 e. The molecule has 0 aliphatic carbocycles. The van der Waals surface area contributed by atoms with E-state index in [-0.39, 0.29) is 11.9 Å². The molecule has 2 nitrogen and oxygen atoms in total. The Balaban J connectivity index is 2.19. The van der Waals surface area contributed by atoms with Crippen LogP contribution in [0.15, 0.2) is 18.2 Å². The van der Waals surface area contributed by atoms with Gasteiger partial charge in [0.25, 0.3) is 0 Å². The van der Waals surface area contributed by atoms with Gasteiger partial charge in [-0.2, -0.15) is 11.8 Å². The SMILES string of the molecule is C[C@H](N)c1ccc(N2CCCSCC2)c(F)c1. The summed E-state index contributed by atoms with van der Waals surface area (Å²) in [6, 6.07) is 5.25. The number of halogens is 1. The molecule has 0 spiro atoms. The highest BCUT2D eigenvalue weighted by Gasteiger charge is 2.14. The molecule has 0 radical (unpaired) electrons. The highest BCUT2D eigenvalue weighted by molar-refractivity contribution is 7.99. The third kappa shape index (κ3) is 3.13. The Hall–Kier alpha value is -0.740. The molecule has 1 aliphatic rings. The fourth-order valence-corrected chi connectivity index (χ4v) is 2.94. The van der Waals surface area contributed by atoms with Gasteiger partial charge in [0.2, 0.25) is 0 Å². The van der Waals surface area contributed by atoms with Crippen molar-refractivity contribution in [3.63, 3.8) is 0 Å². The quantitative estimate of drug-likeness (QED) is 0.880. The van der Waals surface area contributed by atoms with Crippen molar-refractivity contribution in [2.45, 2.75) is 19.4 Å². The van der Waals surface area contributed by atoms with E-state index in [0.717, 1.165) is 36.5 Å². The van der Waals surface area contributed by atoms with Crippen LogP contribution < -0.4 is 10.6 Å². The summed E-state index contributed by atoms with van der Waals surface area (Å²) in [5, 5.41) is 0. The van der Waals surface area contributed by atoms with Crippen LogP contribution in [-0.2, 0) is 0 Å². The topological polar surface area (TPSA) is 29.3 Å². The Bertz CT molecular complexity index is 374. The minimum Gasteiger partial charge on any atom is -0.368 e. The van der Waals surface area contributed by atoms with Gasteiger partial charge >= 0.3 is 0 Å². The first-order valence-corrected chi connectivity index (χ1v) is 7.21. The molecule has 1 aliphatic heterocycles. The Morgan fingerprint density at radius 2 is 2.18 bits per heavy atom. The first kappa shape index (κ1) is 12.7. The van der Waals surface area contributed by atoms with Crippen molar-refractivity contribution in [3.05, 3.63) is 29.6 Å². The van der Waals surface area contributed by atoms with Crippen LogP contribution in [0.4, 0.5) is 10.1 Å². The zero-order valence-corrected chi connectivity index (χ0v) is 11.0. The van der Waals surface area contributed by atoms with E-state index in [4.69, 9.17) is 5.73 Å². The number of hydrogen-bond donors (Lipinski definition) is 1. The van der Waals surface area contributed by atoms with Gasteiger partial charge in [0.15, 0.2) is 0 Å². The number of rotatable bonds is 2.